The molecule has 2 N–H and O–H groups in total. The molecule has 9 heteroatoms. The van der Waals surface area contributed by atoms with Crippen molar-refractivity contribution in [1.29, 1.82) is 0 Å². The van der Waals surface area contributed by atoms with Crippen molar-refractivity contribution < 1.29 is 14.3 Å². The van der Waals surface area contributed by atoms with Crippen LogP contribution in [0.4, 0.5) is 11.5 Å². The number of nitrogens with zero attached hydrogens (tertiary/aromatic N) is 4. The van der Waals surface area contributed by atoms with Crippen LogP contribution in [0.2, 0.25) is 0 Å². The van der Waals surface area contributed by atoms with Gasteiger partial charge in [0, 0.05) is 31.1 Å². The molecule has 3 heterocycles. The topological polar surface area (TPSA) is 103 Å². The molecule has 2 aromatic heterocycles. The molecule has 1 amide bonds. The normalized spacial score (nSPS) is 12.5. The number of fused-ring (bicyclic) bond motifs is 2. The zero-order valence-electron chi connectivity index (χ0n) is 17.3. The average molecular weight is 430 g/mol. The van der Waals surface area contributed by atoms with E-state index in [-0.39, 0.29) is 12.3 Å². The van der Waals surface area contributed by atoms with Crippen LogP contribution in [0.1, 0.15) is 17.8 Å². The molecular weight excluding hydrogens is 408 g/mol. The highest BCUT2D eigenvalue weighted by Crippen LogP contribution is 2.32. The Bertz CT molecular complexity index is 1240. The van der Waals surface area contributed by atoms with Crippen LogP contribution >= 0.6 is 0 Å². The van der Waals surface area contributed by atoms with E-state index >= 15 is 0 Å². The molecule has 162 valence electrons. The lowest BCUT2D eigenvalue weighted by atomic mass is 10.2. The van der Waals surface area contributed by atoms with Gasteiger partial charge in [-0.15, -0.1) is 15.3 Å². The van der Waals surface area contributed by atoms with Crippen molar-refractivity contribution in [2.45, 2.75) is 19.4 Å². The van der Waals surface area contributed by atoms with Crippen molar-refractivity contribution in [1.82, 2.24) is 19.8 Å². The largest absolute Gasteiger partial charge is 0.486 e. The second-order valence-corrected chi connectivity index (χ2v) is 7.35. The van der Waals surface area contributed by atoms with Gasteiger partial charge in [-0.2, -0.15) is 4.52 Å². The van der Waals surface area contributed by atoms with Crippen molar-refractivity contribution in [2.24, 2.45) is 0 Å². The lowest BCUT2D eigenvalue weighted by Gasteiger charge is -2.19. The highest BCUT2D eigenvalue weighted by molar-refractivity contribution is 5.91. The summed E-state index contributed by atoms with van der Waals surface area (Å²) in [6.45, 7) is 1.69. The first-order valence-corrected chi connectivity index (χ1v) is 10.4. The van der Waals surface area contributed by atoms with E-state index < -0.39 is 0 Å². The summed E-state index contributed by atoms with van der Waals surface area (Å²) < 4.78 is 12.7. The number of nitrogens with one attached hydrogen (secondary N) is 2. The number of aryl methyl sites for hydroxylation is 1. The molecule has 5 rings (SSSR count). The maximum absolute atomic E-state index is 12.5. The molecule has 1 aliphatic heterocycles. The maximum atomic E-state index is 12.5. The Balaban J connectivity index is 1.21. The molecule has 0 saturated carbocycles. The van der Waals surface area contributed by atoms with E-state index in [1.54, 1.807) is 22.7 Å². The number of rotatable bonds is 7. The molecule has 0 aliphatic carbocycles. The lowest BCUT2D eigenvalue weighted by molar-refractivity contribution is -0.116. The predicted octanol–water partition coefficient (Wildman–Crippen LogP) is 3.08. The Labute approximate surface area is 184 Å². The van der Waals surface area contributed by atoms with Gasteiger partial charge in [0.15, 0.2) is 23.0 Å². The Morgan fingerprint density at radius 2 is 1.81 bits per heavy atom. The molecule has 0 atom stereocenters. The molecule has 1 aliphatic rings. The van der Waals surface area contributed by atoms with E-state index in [0.717, 1.165) is 5.56 Å². The third-order valence-corrected chi connectivity index (χ3v) is 5.05. The van der Waals surface area contributed by atoms with E-state index in [4.69, 9.17) is 9.47 Å². The number of hydrogen-bond acceptors (Lipinski definition) is 7. The van der Waals surface area contributed by atoms with E-state index in [9.17, 15) is 4.79 Å². The molecule has 9 nitrogen and oxygen atoms in total. The molecular formula is C23H22N6O3. The van der Waals surface area contributed by atoms with Gasteiger partial charge < -0.3 is 20.1 Å². The fourth-order valence-corrected chi connectivity index (χ4v) is 3.44. The first-order chi connectivity index (χ1) is 15.7. The standard InChI is InChI=1S/C23H22N6O3/c30-23(25-17-6-7-18-19(14-17)32-13-12-31-18)11-10-22-27-26-21-9-8-20(28-29(21)22)24-15-16-4-2-1-3-5-16/h1-9,14H,10-13,15H2,(H,24,28)(H,25,30). The van der Waals surface area contributed by atoms with Crippen LogP contribution in [0.15, 0.2) is 60.7 Å². The summed E-state index contributed by atoms with van der Waals surface area (Å²) in [4.78, 5) is 12.5. The fraction of sp³-hybridized carbons (Fsp3) is 0.217. The summed E-state index contributed by atoms with van der Waals surface area (Å²) in [5.41, 5.74) is 2.46. The van der Waals surface area contributed by atoms with Crippen molar-refractivity contribution >= 4 is 23.1 Å². The molecule has 0 bridgehead atoms. The lowest BCUT2D eigenvalue weighted by Crippen LogP contribution is -2.17. The van der Waals surface area contributed by atoms with Gasteiger partial charge in [0.1, 0.15) is 19.0 Å². The number of anilines is 2. The zero-order chi connectivity index (χ0) is 21.8. The van der Waals surface area contributed by atoms with Crippen molar-refractivity contribution in [3.8, 4) is 11.5 Å². The summed E-state index contributed by atoms with van der Waals surface area (Å²) in [7, 11) is 0. The quantitative estimate of drug-likeness (QED) is 0.464. The van der Waals surface area contributed by atoms with Gasteiger partial charge in [0.2, 0.25) is 5.91 Å². The van der Waals surface area contributed by atoms with Crippen LogP contribution < -0.4 is 20.1 Å². The minimum absolute atomic E-state index is 0.128. The number of ether oxygens (including phenoxy) is 2. The molecule has 2 aromatic carbocycles. The third-order valence-electron chi connectivity index (χ3n) is 5.05. The zero-order valence-corrected chi connectivity index (χ0v) is 17.3. The molecule has 4 aromatic rings. The van der Waals surface area contributed by atoms with Crippen LogP contribution in [0.25, 0.3) is 5.65 Å². The highest BCUT2D eigenvalue weighted by Gasteiger charge is 2.14. The third kappa shape index (κ3) is 4.46. The monoisotopic (exact) mass is 430 g/mol. The van der Waals surface area contributed by atoms with E-state index in [1.807, 2.05) is 30.3 Å². The summed E-state index contributed by atoms with van der Waals surface area (Å²) >= 11 is 0. The molecule has 0 radical (unpaired) electrons. The van der Waals surface area contributed by atoms with Crippen molar-refractivity contribution in [3.05, 3.63) is 72.1 Å². The number of aromatic nitrogens is 4. The molecule has 0 saturated heterocycles. The molecule has 0 spiro atoms. The van der Waals surface area contributed by atoms with Gasteiger partial charge in [-0.3, -0.25) is 4.79 Å². The second kappa shape index (κ2) is 8.93. The maximum Gasteiger partial charge on any atom is 0.224 e. The fourth-order valence-electron chi connectivity index (χ4n) is 3.44. The smallest absolute Gasteiger partial charge is 0.224 e. The number of carbonyl (C=O) groups excluding carboxylic acids is 1. The number of benzene rings is 2. The van der Waals surface area contributed by atoms with E-state index in [0.29, 0.717) is 60.7 Å². The highest BCUT2D eigenvalue weighted by atomic mass is 16.6. The summed E-state index contributed by atoms with van der Waals surface area (Å²) in [5, 5.41) is 19.1. The Morgan fingerprint density at radius 3 is 2.69 bits per heavy atom. The van der Waals surface area contributed by atoms with Crippen molar-refractivity contribution in [3.63, 3.8) is 0 Å². The summed E-state index contributed by atoms with van der Waals surface area (Å²) in [6.07, 6.45) is 0.658. The van der Waals surface area contributed by atoms with Crippen LogP contribution in [-0.4, -0.2) is 38.9 Å². The molecule has 0 fully saturated rings. The first-order valence-electron chi connectivity index (χ1n) is 10.4. The van der Waals surface area contributed by atoms with Gasteiger partial charge in [0.25, 0.3) is 0 Å². The number of carbonyl (C=O) groups is 1. The number of hydrogen-bond donors (Lipinski definition) is 2. The van der Waals surface area contributed by atoms with Gasteiger partial charge in [-0.25, -0.2) is 0 Å². The van der Waals surface area contributed by atoms with Gasteiger partial charge in [-0.1, -0.05) is 30.3 Å². The minimum Gasteiger partial charge on any atom is -0.486 e. The summed E-state index contributed by atoms with van der Waals surface area (Å²) in [5.74, 6) is 2.53. The SMILES string of the molecule is O=C(CCc1nnc2ccc(NCc3ccccc3)nn12)Nc1ccc2c(c1)OCCO2. The average Bonchev–Trinajstić information content (AvgIpc) is 3.24. The summed E-state index contributed by atoms with van der Waals surface area (Å²) in [6, 6.07) is 19.2. The van der Waals surface area contributed by atoms with Crippen LogP contribution in [0.5, 0.6) is 11.5 Å². The predicted molar refractivity (Wildman–Crippen MR) is 119 cm³/mol. The van der Waals surface area contributed by atoms with Gasteiger partial charge in [0.05, 0.1) is 0 Å². The Kier molecular flexibility index (Phi) is 5.52. The Morgan fingerprint density at radius 1 is 0.969 bits per heavy atom. The Hall–Kier alpha value is -4.14. The van der Waals surface area contributed by atoms with Gasteiger partial charge >= 0.3 is 0 Å². The van der Waals surface area contributed by atoms with E-state index in [2.05, 4.69) is 38.1 Å². The van der Waals surface area contributed by atoms with E-state index in [1.165, 1.54) is 0 Å². The first kappa shape index (κ1) is 19.8. The van der Waals surface area contributed by atoms with Gasteiger partial charge in [-0.05, 0) is 29.8 Å². The van der Waals surface area contributed by atoms with Crippen LogP contribution in [0, 0.1) is 0 Å². The van der Waals surface area contributed by atoms with Crippen LogP contribution in [-0.2, 0) is 17.8 Å². The second-order valence-electron chi connectivity index (χ2n) is 7.35. The van der Waals surface area contributed by atoms with Crippen molar-refractivity contribution in [2.75, 3.05) is 23.8 Å². The molecule has 32 heavy (non-hydrogen) atoms. The van der Waals surface area contributed by atoms with Crippen LogP contribution in [0.3, 0.4) is 0 Å². The number of amides is 1. The molecule has 0 unspecified atom stereocenters. The minimum atomic E-state index is -0.128.